The van der Waals surface area contributed by atoms with Crippen molar-refractivity contribution in [3.05, 3.63) is 102 Å². The molecule has 0 spiro atoms. The number of nitrogens with zero attached hydrogens (tertiary/aromatic N) is 1. The first-order valence-electron chi connectivity index (χ1n) is 8.93. The van der Waals surface area contributed by atoms with Gasteiger partial charge in [-0.25, -0.2) is 9.37 Å². The zero-order valence-corrected chi connectivity index (χ0v) is 15.0. The third kappa shape index (κ3) is 3.99. The summed E-state index contributed by atoms with van der Waals surface area (Å²) in [6, 6.07) is 23.3. The van der Waals surface area contributed by atoms with Crippen LogP contribution in [-0.4, -0.2) is 15.9 Å². The van der Waals surface area contributed by atoms with E-state index < -0.39 is 0 Å². The Morgan fingerprint density at radius 2 is 1.68 bits per heavy atom. The quantitative estimate of drug-likeness (QED) is 0.505. The Labute approximate surface area is 161 Å². The van der Waals surface area contributed by atoms with E-state index in [2.05, 4.69) is 15.3 Å². The zero-order chi connectivity index (χ0) is 19.3. The number of hydrogen-bond acceptors (Lipinski definition) is 2. The van der Waals surface area contributed by atoms with Gasteiger partial charge in [-0.15, -0.1) is 0 Å². The van der Waals surface area contributed by atoms with Crippen LogP contribution in [0.2, 0.25) is 0 Å². The van der Waals surface area contributed by atoms with Gasteiger partial charge < -0.3 is 10.3 Å². The van der Waals surface area contributed by atoms with Crippen LogP contribution >= 0.6 is 0 Å². The van der Waals surface area contributed by atoms with Crippen LogP contribution in [-0.2, 0) is 11.3 Å². The van der Waals surface area contributed by atoms with Gasteiger partial charge in [0, 0.05) is 6.54 Å². The number of H-pyrrole nitrogens is 1. The standard InChI is InChI=1S/C23H18FN3O/c24-18-12-10-16(11-13-18)14-19(22-26-20-8-4-5-9-21(20)27-22)23(28)25-15-17-6-2-1-3-7-17/h1-14H,15H2,(H,25,28)(H,26,27). The molecule has 0 radical (unpaired) electrons. The average Bonchev–Trinajstić information content (AvgIpc) is 3.16. The molecule has 0 saturated carbocycles. The smallest absolute Gasteiger partial charge is 0.255 e. The highest BCUT2D eigenvalue weighted by Crippen LogP contribution is 2.20. The first kappa shape index (κ1) is 17.7. The normalized spacial score (nSPS) is 11.5. The molecule has 0 aliphatic heterocycles. The van der Waals surface area contributed by atoms with E-state index in [-0.39, 0.29) is 11.7 Å². The molecule has 0 fully saturated rings. The Morgan fingerprint density at radius 1 is 0.964 bits per heavy atom. The minimum atomic E-state index is -0.323. The number of hydrogen-bond donors (Lipinski definition) is 2. The fraction of sp³-hybridized carbons (Fsp3) is 0.0435. The summed E-state index contributed by atoms with van der Waals surface area (Å²) in [7, 11) is 0. The largest absolute Gasteiger partial charge is 0.348 e. The SMILES string of the molecule is O=C(NCc1ccccc1)C(=Cc1ccc(F)cc1)c1nc2ccccc2[nH]1. The Kier molecular flexibility index (Phi) is 4.97. The number of aromatic amines is 1. The predicted molar refractivity (Wildman–Crippen MR) is 109 cm³/mol. The molecule has 3 aromatic carbocycles. The lowest BCUT2D eigenvalue weighted by Crippen LogP contribution is -2.24. The van der Waals surface area contributed by atoms with Crippen LogP contribution < -0.4 is 5.32 Å². The molecule has 0 bridgehead atoms. The number of para-hydroxylation sites is 2. The van der Waals surface area contributed by atoms with Crippen molar-refractivity contribution in [2.24, 2.45) is 0 Å². The molecule has 28 heavy (non-hydrogen) atoms. The number of nitrogens with one attached hydrogen (secondary N) is 2. The molecule has 1 amide bonds. The van der Waals surface area contributed by atoms with Crippen molar-refractivity contribution in [3.8, 4) is 0 Å². The highest BCUT2D eigenvalue weighted by atomic mass is 19.1. The van der Waals surface area contributed by atoms with E-state index in [0.29, 0.717) is 23.5 Å². The van der Waals surface area contributed by atoms with Gasteiger partial charge >= 0.3 is 0 Å². The number of carbonyl (C=O) groups excluding carboxylic acids is 1. The Balaban J connectivity index is 1.68. The summed E-state index contributed by atoms with van der Waals surface area (Å²) in [4.78, 5) is 20.7. The lowest BCUT2D eigenvalue weighted by molar-refractivity contribution is -0.115. The maximum Gasteiger partial charge on any atom is 0.255 e. The predicted octanol–water partition coefficient (Wildman–Crippen LogP) is 4.56. The average molecular weight is 371 g/mol. The summed E-state index contributed by atoms with van der Waals surface area (Å²) in [6.45, 7) is 0.403. The van der Waals surface area contributed by atoms with Gasteiger partial charge in [-0.3, -0.25) is 4.79 Å². The molecule has 5 heteroatoms. The number of halogens is 1. The van der Waals surface area contributed by atoms with Crippen LogP contribution in [0, 0.1) is 5.82 Å². The Hall–Kier alpha value is -3.73. The van der Waals surface area contributed by atoms with Gasteiger partial charge in [0.05, 0.1) is 16.6 Å². The first-order valence-corrected chi connectivity index (χ1v) is 8.93. The third-order valence-electron chi connectivity index (χ3n) is 4.37. The van der Waals surface area contributed by atoms with Gasteiger partial charge in [-0.1, -0.05) is 54.6 Å². The van der Waals surface area contributed by atoms with Crippen LogP contribution in [0.4, 0.5) is 4.39 Å². The van der Waals surface area contributed by atoms with E-state index in [4.69, 9.17) is 0 Å². The van der Waals surface area contributed by atoms with E-state index in [1.807, 2.05) is 54.6 Å². The maximum atomic E-state index is 13.2. The number of rotatable bonds is 5. The van der Waals surface area contributed by atoms with Crippen LogP contribution in [0.25, 0.3) is 22.7 Å². The summed E-state index contributed by atoms with van der Waals surface area (Å²) in [5.74, 6) is -0.112. The molecule has 2 N–H and O–H groups in total. The van der Waals surface area contributed by atoms with Crippen molar-refractivity contribution in [2.75, 3.05) is 0 Å². The first-order chi connectivity index (χ1) is 13.7. The topological polar surface area (TPSA) is 57.8 Å². The monoisotopic (exact) mass is 371 g/mol. The zero-order valence-electron chi connectivity index (χ0n) is 15.0. The molecule has 138 valence electrons. The van der Waals surface area contributed by atoms with Crippen LogP contribution in [0.3, 0.4) is 0 Å². The second kappa shape index (κ2) is 7.88. The second-order valence-electron chi connectivity index (χ2n) is 6.38. The summed E-state index contributed by atoms with van der Waals surface area (Å²) in [6.07, 6.45) is 1.71. The van der Waals surface area contributed by atoms with Crippen molar-refractivity contribution in [1.29, 1.82) is 0 Å². The Morgan fingerprint density at radius 3 is 2.43 bits per heavy atom. The van der Waals surface area contributed by atoms with E-state index >= 15 is 0 Å². The summed E-state index contributed by atoms with van der Waals surface area (Å²) < 4.78 is 13.2. The fourth-order valence-corrected chi connectivity index (χ4v) is 2.92. The lowest BCUT2D eigenvalue weighted by atomic mass is 10.1. The summed E-state index contributed by atoms with van der Waals surface area (Å²) >= 11 is 0. The minimum Gasteiger partial charge on any atom is -0.348 e. The molecule has 0 aliphatic carbocycles. The number of amides is 1. The molecule has 0 saturated heterocycles. The molecule has 0 atom stereocenters. The van der Waals surface area contributed by atoms with E-state index in [1.165, 1.54) is 12.1 Å². The molecular formula is C23H18FN3O. The molecule has 0 aliphatic rings. The number of carbonyl (C=O) groups is 1. The second-order valence-corrected chi connectivity index (χ2v) is 6.38. The van der Waals surface area contributed by atoms with E-state index in [0.717, 1.165) is 16.6 Å². The van der Waals surface area contributed by atoms with Crippen molar-refractivity contribution < 1.29 is 9.18 Å². The molecular weight excluding hydrogens is 353 g/mol. The van der Waals surface area contributed by atoms with Crippen molar-refractivity contribution in [1.82, 2.24) is 15.3 Å². The van der Waals surface area contributed by atoms with Crippen LogP contribution in [0.1, 0.15) is 17.0 Å². The number of aromatic nitrogens is 2. The van der Waals surface area contributed by atoms with E-state index in [1.54, 1.807) is 18.2 Å². The molecule has 1 aromatic heterocycles. The van der Waals surface area contributed by atoms with Crippen LogP contribution in [0.15, 0.2) is 78.9 Å². The van der Waals surface area contributed by atoms with Gasteiger partial charge in [0.2, 0.25) is 0 Å². The molecule has 4 aromatic rings. The maximum absolute atomic E-state index is 13.2. The van der Waals surface area contributed by atoms with Gasteiger partial charge in [-0.2, -0.15) is 0 Å². The lowest BCUT2D eigenvalue weighted by Gasteiger charge is -2.08. The van der Waals surface area contributed by atoms with E-state index in [9.17, 15) is 9.18 Å². The highest BCUT2D eigenvalue weighted by Gasteiger charge is 2.16. The summed E-state index contributed by atoms with van der Waals surface area (Å²) in [5, 5.41) is 2.93. The molecule has 4 nitrogen and oxygen atoms in total. The molecule has 0 unspecified atom stereocenters. The molecule has 4 rings (SSSR count). The number of imidazole rings is 1. The number of benzene rings is 3. The summed E-state index contributed by atoms with van der Waals surface area (Å²) in [5.41, 5.74) is 3.73. The van der Waals surface area contributed by atoms with Gasteiger partial charge in [0.1, 0.15) is 11.6 Å². The van der Waals surface area contributed by atoms with Crippen molar-refractivity contribution >= 4 is 28.6 Å². The van der Waals surface area contributed by atoms with Crippen molar-refractivity contribution in [3.63, 3.8) is 0 Å². The van der Waals surface area contributed by atoms with Gasteiger partial charge in [-0.05, 0) is 41.5 Å². The van der Waals surface area contributed by atoms with Crippen LogP contribution in [0.5, 0.6) is 0 Å². The number of fused-ring (bicyclic) bond motifs is 1. The van der Waals surface area contributed by atoms with Gasteiger partial charge in [0.25, 0.3) is 5.91 Å². The fourth-order valence-electron chi connectivity index (χ4n) is 2.92. The Bertz CT molecular complexity index is 1100. The van der Waals surface area contributed by atoms with Gasteiger partial charge in [0.15, 0.2) is 0 Å². The highest BCUT2D eigenvalue weighted by molar-refractivity contribution is 6.23. The minimum absolute atomic E-state index is 0.257. The molecule has 1 heterocycles. The van der Waals surface area contributed by atoms with Crippen molar-refractivity contribution in [2.45, 2.75) is 6.54 Å². The third-order valence-corrected chi connectivity index (χ3v) is 4.37.